The molecule has 0 aliphatic carbocycles. The second kappa shape index (κ2) is 10.0. The lowest BCUT2D eigenvalue weighted by Gasteiger charge is -2.33. The average molecular weight is 486 g/mol. The molecule has 0 bridgehead atoms. The molecular formula is C24H29N4O5S+. The predicted molar refractivity (Wildman–Crippen MR) is 129 cm³/mol. The van der Waals surface area contributed by atoms with E-state index >= 15 is 0 Å². The minimum Gasteiger partial charge on any atom is -0.444 e. The number of fused-ring (bicyclic) bond motifs is 1. The number of nitrogens with zero attached hydrogens (tertiary/aromatic N) is 4. The maximum atomic E-state index is 12.2. The fraction of sp³-hybridized carbons (Fsp3) is 0.458. The van der Waals surface area contributed by atoms with Crippen LogP contribution in [0.15, 0.2) is 36.5 Å². The minimum absolute atomic E-state index is 0.0735. The smallest absolute Gasteiger partial charge is 0.410 e. The molecule has 9 nitrogen and oxygen atoms in total. The standard InChI is InChI=1S/C24H29N4O5S/c1-24(2,3)33-23(29)27-11-9-17(10-12-27)32-15-16-13-19-22(25-14-16)34-21(26-19)18-7-5-6-8-20(18)28(30)31-4/h5-8,13-14,17H,9-12,15H2,1-4H3/q+1. The number of benzene rings is 1. The molecule has 3 heterocycles. The molecule has 0 spiro atoms. The maximum absolute atomic E-state index is 12.2. The molecular weight excluding hydrogens is 456 g/mol. The summed E-state index contributed by atoms with van der Waals surface area (Å²) in [7, 11) is 1.33. The third-order valence-electron chi connectivity index (χ3n) is 5.38. The van der Waals surface area contributed by atoms with E-state index in [0.717, 1.165) is 28.8 Å². The molecule has 0 saturated carbocycles. The molecule has 180 valence electrons. The first-order valence-corrected chi connectivity index (χ1v) is 12.0. The number of piperidine rings is 1. The van der Waals surface area contributed by atoms with E-state index in [0.29, 0.717) is 40.9 Å². The molecule has 3 aromatic rings. The summed E-state index contributed by atoms with van der Waals surface area (Å²) < 4.78 is 11.5. The topological polar surface area (TPSA) is 93.9 Å². The lowest BCUT2D eigenvalue weighted by molar-refractivity contribution is -0.736. The summed E-state index contributed by atoms with van der Waals surface area (Å²) >= 11 is 1.42. The van der Waals surface area contributed by atoms with Gasteiger partial charge in [-0.15, -0.1) is 0 Å². The predicted octanol–water partition coefficient (Wildman–Crippen LogP) is 5.25. The zero-order valence-electron chi connectivity index (χ0n) is 19.8. The van der Waals surface area contributed by atoms with Crippen molar-refractivity contribution in [1.82, 2.24) is 14.9 Å². The van der Waals surface area contributed by atoms with Gasteiger partial charge in [-0.05, 0) is 51.3 Å². The maximum Gasteiger partial charge on any atom is 0.410 e. The molecule has 0 unspecified atom stereocenters. The Balaban J connectivity index is 1.38. The summed E-state index contributed by atoms with van der Waals surface area (Å²) in [5.41, 5.74) is 2.27. The number of likely N-dealkylation sites (tertiary alicyclic amines) is 1. The first-order chi connectivity index (χ1) is 16.2. The molecule has 4 rings (SSSR count). The number of thiazole rings is 1. The molecule has 1 aliphatic heterocycles. The zero-order valence-corrected chi connectivity index (χ0v) is 20.6. The largest absolute Gasteiger partial charge is 0.444 e. The second-order valence-electron chi connectivity index (χ2n) is 9.12. The van der Waals surface area contributed by atoms with Crippen LogP contribution in [0.4, 0.5) is 10.5 Å². The van der Waals surface area contributed by atoms with Crippen LogP contribution in [0.3, 0.4) is 0 Å². The van der Waals surface area contributed by atoms with Gasteiger partial charge in [0.05, 0.1) is 23.2 Å². The van der Waals surface area contributed by atoms with Gasteiger partial charge in [0.1, 0.15) is 21.0 Å². The number of hydrogen-bond acceptors (Lipinski definition) is 8. The number of aromatic nitrogens is 2. The third kappa shape index (κ3) is 5.68. The Bertz CT molecular complexity index is 1180. The quantitative estimate of drug-likeness (QED) is 0.440. The fourth-order valence-electron chi connectivity index (χ4n) is 3.72. The SMILES string of the molecule is CO[N+](=O)c1ccccc1-c1nc2cc(COC3CCN(C(=O)OC(C)(C)C)CC3)cnc2s1. The highest BCUT2D eigenvalue weighted by atomic mass is 32.1. The molecule has 0 N–H and O–H groups in total. The molecule has 34 heavy (non-hydrogen) atoms. The molecule has 0 radical (unpaired) electrons. The Morgan fingerprint density at radius 2 is 1.97 bits per heavy atom. The summed E-state index contributed by atoms with van der Waals surface area (Å²) in [6.45, 7) is 7.25. The van der Waals surface area contributed by atoms with Crippen LogP contribution < -0.4 is 0 Å². The Kier molecular flexibility index (Phi) is 7.08. The zero-order chi connectivity index (χ0) is 24.3. The molecule has 2 aromatic heterocycles. The van der Waals surface area contributed by atoms with Crippen molar-refractivity contribution in [1.29, 1.82) is 0 Å². The van der Waals surface area contributed by atoms with E-state index in [1.165, 1.54) is 18.4 Å². The van der Waals surface area contributed by atoms with Crippen molar-refractivity contribution in [2.45, 2.75) is 51.9 Å². The van der Waals surface area contributed by atoms with Crippen molar-refractivity contribution >= 4 is 33.5 Å². The lowest BCUT2D eigenvalue weighted by Crippen LogP contribution is -2.43. The number of para-hydroxylation sites is 1. The van der Waals surface area contributed by atoms with Gasteiger partial charge in [0, 0.05) is 25.4 Å². The molecule has 1 saturated heterocycles. The number of carbonyl (C=O) groups excluding carboxylic acids is 1. The minimum atomic E-state index is -0.494. The van der Waals surface area contributed by atoms with E-state index in [9.17, 15) is 9.70 Å². The van der Waals surface area contributed by atoms with Crippen LogP contribution in [0.5, 0.6) is 0 Å². The van der Waals surface area contributed by atoms with Crippen LogP contribution >= 0.6 is 11.3 Å². The fourth-order valence-corrected chi connectivity index (χ4v) is 4.64. The molecule has 1 amide bonds. The highest BCUT2D eigenvalue weighted by molar-refractivity contribution is 7.21. The van der Waals surface area contributed by atoms with Gasteiger partial charge >= 0.3 is 11.8 Å². The molecule has 0 atom stereocenters. The number of rotatable bonds is 6. The normalized spacial score (nSPS) is 14.9. The van der Waals surface area contributed by atoms with Gasteiger partial charge < -0.3 is 14.4 Å². The van der Waals surface area contributed by atoms with Crippen LogP contribution in [0.25, 0.3) is 20.9 Å². The number of amides is 1. The number of carbonyl (C=O) groups is 1. The van der Waals surface area contributed by atoms with E-state index in [1.54, 1.807) is 23.2 Å². The Hall–Kier alpha value is -3.11. The summed E-state index contributed by atoms with van der Waals surface area (Å²) in [5, 5.41) is 0.698. The highest BCUT2D eigenvalue weighted by Crippen LogP contribution is 2.35. The molecule has 10 heteroatoms. The van der Waals surface area contributed by atoms with Gasteiger partial charge in [-0.2, -0.15) is 0 Å². The van der Waals surface area contributed by atoms with Gasteiger partial charge in [-0.3, -0.25) is 0 Å². The van der Waals surface area contributed by atoms with E-state index in [1.807, 2.05) is 39.0 Å². The van der Waals surface area contributed by atoms with Gasteiger partial charge in [0.2, 0.25) is 0 Å². The Morgan fingerprint density at radius 1 is 1.24 bits per heavy atom. The van der Waals surface area contributed by atoms with E-state index in [2.05, 4.69) is 4.98 Å². The van der Waals surface area contributed by atoms with Crippen LogP contribution in [-0.2, 0) is 20.9 Å². The monoisotopic (exact) mass is 485 g/mol. The molecule has 1 aliphatic rings. The third-order valence-corrected chi connectivity index (χ3v) is 6.39. The van der Waals surface area contributed by atoms with Gasteiger partial charge in [-0.25, -0.2) is 19.6 Å². The molecule has 1 fully saturated rings. The van der Waals surface area contributed by atoms with Gasteiger partial charge in [0.25, 0.3) is 4.92 Å². The van der Waals surface area contributed by atoms with Crippen LogP contribution in [0.2, 0.25) is 0 Å². The van der Waals surface area contributed by atoms with E-state index in [4.69, 9.17) is 19.3 Å². The van der Waals surface area contributed by atoms with Crippen molar-refractivity contribution in [2.24, 2.45) is 0 Å². The lowest BCUT2D eigenvalue weighted by atomic mass is 10.1. The van der Waals surface area contributed by atoms with Gasteiger partial charge in [0.15, 0.2) is 7.11 Å². The van der Waals surface area contributed by atoms with Crippen molar-refractivity contribution in [2.75, 3.05) is 20.2 Å². The Labute approximate surface area is 202 Å². The first-order valence-electron chi connectivity index (χ1n) is 11.2. The number of pyridine rings is 1. The highest BCUT2D eigenvalue weighted by Gasteiger charge is 2.27. The van der Waals surface area contributed by atoms with Gasteiger partial charge in [-0.1, -0.05) is 23.5 Å². The van der Waals surface area contributed by atoms with E-state index < -0.39 is 5.60 Å². The van der Waals surface area contributed by atoms with E-state index in [-0.39, 0.29) is 12.2 Å². The second-order valence-corrected chi connectivity index (χ2v) is 10.1. The van der Waals surface area contributed by atoms with Crippen LogP contribution in [-0.4, -0.2) is 57.8 Å². The van der Waals surface area contributed by atoms with Crippen LogP contribution in [0, 0.1) is 4.91 Å². The number of ether oxygens (including phenoxy) is 2. The van der Waals surface area contributed by atoms with Crippen molar-refractivity contribution in [3.8, 4) is 10.6 Å². The first kappa shape index (κ1) is 24.0. The summed E-state index contributed by atoms with van der Waals surface area (Å²) in [6.07, 6.45) is 3.12. The summed E-state index contributed by atoms with van der Waals surface area (Å²) in [4.78, 5) is 41.3. The Morgan fingerprint density at radius 3 is 2.68 bits per heavy atom. The van der Waals surface area contributed by atoms with Crippen LogP contribution in [0.1, 0.15) is 39.2 Å². The summed E-state index contributed by atoms with van der Waals surface area (Å²) in [6, 6.07) is 9.13. The molecule has 1 aromatic carbocycles. The average Bonchev–Trinajstić information content (AvgIpc) is 3.25. The van der Waals surface area contributed by atoms with Crippen molar-refractivity contribution in [3.05, 3.63) is 47.0 Å². The number of hydrogen-bond donors (Lipinski definition) is 0. The summed E-state index contributed by atoms with van der Waals surface area (Å²) in [5.74, 6) is 0. The van der Waals surface area contributed by atoms with Crippen molar-refractivity contribution in [3.63, 3.8) is 0 Å². The van der Waals surface area contributed by atoms with Crippen molar-refractivity contribution < 1.29 is 24.0 Å².